The summed E-state index contributed by atoms with van der Waals surface area (Å²) in [6.07, 6.45) is 0.283. The minimum Gasteiger partial charge on any atom is -0.503 e. The maximum Gasteiger partial charge on any atom is 0.177 e. The van der Waals surface area contributed by atoms with Crippen molar-refractivity contribution in [1.29, 1.82) is 0 Å². The highest BCUT2D eigenvalue weighted by Gasteiger charge is 2.17. The summed E-state index contributed by atoms with van der Waals surface area (Å²) in [7, 11) is 1.40. The highest BCUT2D eigenvalue weighted by atomic mass is 35.5. The Kier molecular flexibility index (Phi) is 6.97. The van der Waals surface area contributed by atoms with E-state index < -0.39 is 6.04 Å². The van der Waals surface area contributed by atoms with Crippen LogP contribution in [0.25, 0.3) is 0 Å². The molecular formula is C10H14Cl3NO3. The molecule has 7 heteroatoms. The lowest BCUT2D eigenvalue weighted by molar-refractivity contribution is 0.265. The summed E-state index contributed by atoms with van der Waals surface area (Å²) in [5.74, 6) is 0.0324. The van der Waals surface area contributed by atoms with Crippen molar-refractivity contribution in [3.8, 4) is 11.5 Å². The number of rotatable bonds is 4. The molecule has 0 spiro atoms. The Morgan fingerprint density at radius 2 is 2.06 bits per heavy atom. The molecule has 4 N–H and O–H groups in total. The molecule has 0 aliphatic heterocycles. The first-order valence-corrected chi connectivity index (χ1v) is 5.37. The molecule has 1 atom stereocenters. The summed E-state index contributed by atoms with van der Waals surface area (Å²) >= 11 is 11.9. The molecule has 0 aliphatic carbocycles. The highest BCUT2D eigenvalue weighted by molar-refractivity contribution is 6.37. The molecule has 98 valence electrons. The first-order chi connectivity index (χ1) is 7.51. The van der Waals surface area contributed by atoms with Gasteiger partial charge in [-0.3, -0.25) is 0 Å². The monoisotopic (exact) mass is 301 g/mol. The Labute approximate surface area is 116 Å². The third-order valence-electron chi connectivity index (χ3n) is 2.17. The summed E-state index contributed by atoms with van der Waals surface area (Å²) in [4.78, 5) is 0. The number of phenolic OH excluding ortho intramolecular Hbond substituents is 1. The quantitative estimate of drug-likeness (QED) is 0.795. The number of methoxy groups -OCH3 is 1. The number of nitrogens with two attached hydrogens (primary N) is 1. The van der Waals surface area contributed by atoms with E-state index in [1.165, 1.54) is 13.2 Å². The van der Waals surface area contributed by atoms with E-state index >= 15 is 0 Å². The third-order valence-corrected chi connectivity index (χ3v) is 2.92. The second kappa shape index (κ2) is 7.13. The Balaban J connectivity index is 0.00000256. The largest absolute Gasteiger partial charge is 0.503 e. The Bertz CT molecular complexity index is 388. The predicted octanol–water partition coefficient (Wildman–Crippen LogP) is 1.99. The number of benzene rings is 1. The van der Waals surface area contributed by atoms with Crippen LogP contribution in [0.4, 0.5) is 0 Å². The predicted molar refractivity (Wildman–Crippen MR) is 70.7 cm³/mol. The van der Waals surface area contributed by atoms with Crippen molar-refractivity contribution in [2.24, 2.45) is 5.73 Å². The maximum absolute atomic E-state index is 9.67. The fraction of sp³-hybridized carbons (Fsp3) is 0.400. The normalized spacial score (nSPS) is 11.8. The number of phenols is 1. The van der Waals surface area contributed by atoms with E-state index in [0.717, 1.165) is 0 Å². The van der Waals surface area contributed by atoms with E-state index in [-0.39, 0.29) is 42.0 Å². The van der Waals surface area contributed by atoms with Crippen LogP contribution in [0.15, 0.2) is 6.07 Å². The molecule has 0 fully saturated rings. The number of aromatic hydroxyl groups is 1. The minimum atomic E-state index is -0.470. The van der Waals surface area contributed by atoms with Crippen LogP contribution in [0.5, 0.6) is 11.5 Å². The van der Waals surface area contributed by atoms with Crippen molar-refractivity contribution >= 4 is 35.6 Å². The van der Waals surface area contributed by atoms with Crippen molar-refractivity contribution < 1.29 is 14.9 Å². The van der Waals surface area contributed by atoms with Crippen LogP contribution in [-0.4, -0.2) is 30.0 Å². The molecule has 1 aromatic carbocycles. The zero-order chi connectivity index (χ0) is 12.3. The molecule has 1 unspecified atom stereocenters. The molecule has 0 bridgehead atoms. The minimum absolute atomic E-state index is 0. The van der Waals surface area contributed by atoms with Crippen LogP contribution in [0.2, 0.25) is 10.0 Å². The van der Waals surface area contributed by atoms with Gasteiger partial charge < -0.3 is 20.7 Å². The first-order valence-electron chi connectivity index (χ1n) is 4.61. The molecular weight excluding hydrogens is 288 g/mol. The van der Waals surface area contributed by atoms with Crippen molar-refractivity contribution in [3.63, 3.8) is 0 Å². The van der Waals surface area contributed by atoms with E-state index in [0.29, 0.717) is 10.6 Å². The lowest BCUT2D eigenvalue weighted by atomic mass is 10.1. The Morgan fingerprint density at radius 1 is 1.47 bits per heavy atom. The molecule has 1 rings (SSSR count). The van der Waals surface area contributed by atoms with Gasteiger partial charge in [-0.25, -0.2) is 0 Å². The Hall–Kier alpha value is -0.390. The molecule has 0 aromatic heterocycles. The van der Waals surface area contributed by atoms with Crippen molar-refractivity contribution in [2.75, 3.05) is 13.7 Å². The van der Waals surface area contributed by atoms with Crippen LogP contribution < -0.4 is 10.5 Å². The van der Waals surface area contributed by atoms with Gasteiger partial charge >= 0.3 is 0 Å². The average molecular weight is 303 g/mol. The average Bonchev–Trinajstić information content (AvgIpc) is 2.28. The van der Waals surface area contributed by atoms with Crippen LogP contribution in [-0.2, 0) is 6.42 Å². The molecule has 0 saturated carbocycles. The number of halogens is 3. The van der Waals surface area contributed by atoms with E-state index in [9.17, 15) is 5.11 Å². The molecule has 17 heavy (non-hydrogen) atoms. The molecule has 0 saturated heterocycles. The topological polar surface area (TPSA) is 75.7 Å². The smallest absolute Gasteiger partial charge is 0.177 e. The highest BCUT2D eigenvalue weighted by Crippen LogP contribution is 2.40. The van der Waals surface area contributed by atoms with Crippen molar-refractivity contribution in [2.45, 2.75) is 12.5 Å². The van der Waals surface area contributed by atoms with Gasteiger partial charge in [0.15, 0.2) is 11.5 Å². The maximum atomic E-state index is 9.67. The van der Waals surface area contributed by atoms with Crippen LogP contribution >= 0.6 is 35.6 Å². The van der Waals surface area contributed by atoms with Crippen LogP contribution in [0.1, 0.15) is 5.56 Å². The van der Waals surface area contributed by atoms with E-state index in [4.69, 9.17) is 38.8 Å². The van der Waals surface area contributed by atoms with Gasteiger partial charge in [-0.15, -0.1) is 12.4 Å². The fourth-order valence-electron chi connectivity index (χ4n) is 1.30. The fourth-order valence-corrected chi connectivity index (χ4v) is 1.89. The number of aliphatic hydroxyl groups is 1. The third kappa shape index (κ3) is 3.79. The first kappa shape index (κ1) is 16.6. The van der Waals surface area contributed by atoms with E-state index in [1.54, 1.807) is 0 Å². The van der Waals surface area contributed by atoms with Crippen LogP contribution in [0.3, 0.4) is 0 Å². The summed E-state index contributed by atoms with van der Waals surface area (Å²) in [6.45, 7) is -0.181. The number of hydrogen-bond donors (Lipinski definition) is 3. The standard InChI is InChI=1S/C10H13Cl2NO3.ClH/c1-16-8-3-7(11)6(2-5(13)4-14)9(12)10(8)15;/h3,5,14-15H,2,4,13H2,1H3;1H. The van der Waals surface area contributed by atoms with Gasteiger partial charge in [0.05, 0.1) is 18.7 Å². The molecule has 1 aromatic rings. The second-order valence-electron chi connectivity index (χ2n) is 3.35. The zero-order valence-electron chi connectivity index (χ0n) is 9.11. The number of hydrogen-bond acceptors (Lipinski definition) is 4. The zero-order valence-corrected chi connectivity index (χ0v) is 11.4. The van der Waals surface area contributed by atoms with E-state index in [1.807, 2.05) is 0 Å². The second-order valence-corrected chi connectivity index (χ2v) is 4.13. The Morgan fingerprint density at radius 3 is 2.53 bits per heavy atom. The lowest BCUT2D eigenvalue weighted by Gasteiger charge is -2.14. The number of ether oxygens (including phenoxy) is 1. The van der Waals surface area contributed by atoms with Gasteiger partial charge in [0.2, 0.25) is 0 Å². The van der Waals surface area contributed by atoms with Gasteiger partial charge in [-0.2, -0.15) is 0 Å². The molecule has 4 nitrogen and oxygen atoms in total. The molecule has 0 heterocycles. The van der Waals surface area contributed by atoms with Crippen molar-refractivity contribution in [1.82, 2.24) is 0 Å². The molecule has 0 aliphatic rings. The van der Waals surface area contributed by atoms with Gasteiger partial charge in [-0.05, 0) is 12.0 Å². The lowest BCUT2D eigenvalue weighted by Crippen LogP contribution is -2.27. The molecule has 0 amide bonds. The van der Waals surface area contributed by atoms with Crippen LogP contribution in [0, 0.1) is 0 Å². The summed E-state index contributed by atoms with van der Waals surface area (Å²) in [6, 6.07) is 0.991. The summed E-state index contributed by atoms with van der Waals surface area (Å²) in [5.41, 5.74) is 6.09. The van der Waals surface area contributed by atoms with Gasteiger partial charge in [-0.1, -0.05) is 23.2 Å². The SMILES string of the molecule is COc1cc(Cl)c(CC(N)CO)c(Cl)c1O.Cl. The van der Waals surface area contributed by atoms with Gasteiger partial charge in [0, 0.05) is 17.1 Å². The van der Waals surface area contributed by atoms with Gasteiger partial charge in [0.25, 0.3) is 0 Å². The summed E-state index contributed by atoms with van der Waals surface area (Å²) < 4.78 is 4.89. The summed E-state index contributed by atoms with van der Waals surface area (Å²) in [5, 5.41) is 19.0. The van der Waals surface area contributed by atoms with Gasteiger partial charge in [0.1, 0.15) is 0 Å². The number of aliphatic hydroxyl groups excluding tert-OH is 1. The van der Waals surface area contributed by atoms with E-state index in [2.05, 4.69) is 0 Å². The van der Waals surface area contributed by atoms with Crippen molar-refractivity contribution in [3.05, 3.63) is 21.7 Å². The molecule has 0 radical (unpaired) electrons.